The summed E-state index contributed by atoms with van der Waals surface area (Å²) in [7, 11) is 0. The molecule has 1 heterocycles. The quantitative estimate of drug-likeness (QED) is 0.546. The maximum atomic E-state index is 5.57. The predicted octanol–water partition coefficient (Wildman–Crippen LogP) is 4.08. The molecule has 0 atom stereocenters. The lowest BCUT2D eigenvalue weighted by atomic mass is 9.96. The lowest BCUT2D eigenvalue weighted by Crippen LogP contribution is -2.08. The van der Waals surface area contributed by atoms with Crippen LogP contribution in [0.3, 0.4) is 0 Å². The number of hydrogen-bond acceptors (Lipinski definition) is 3. The number of hydrogen-bond donors (Lipinski definition) is 2. The largest absolute Gasteiger partial charge is 0.385 e. The van der Waals surface area contributed by atoms with Crippen LogP contribution in [0.15, 0.2) is 60.8 Å². The molecular formula is C21H21N3. The van der Waals surface area contributed by atoms with Gasteiger partial charge in [0.2, 0.25) is 0 Å². The molecule has 1 aromatic heterocycles. The van der Waals surface area contributed by atoms with Crippen LogP contribution in [0.5, 0.6) is 0 Å². The number of nitrogens with two attached hydrogens (primary N) is 1. The minimum atomic E-state index is 0.710. The van der Waals surface area contributed by atoms with Gasteiger partial charge in [-0.25, -0.2) is 0 Å². The molecule has 0 spiro atoms. The molecule has 3 heteroatoms. The van der Waals surface area contributed by atoms with Gasteiger partial charge in [-0.2, -0.15) is 0 Å². The van der Waals surface area contributed by atoms with E-state index >= 15 is 0 Å². The van der Waals surface area contributed by atoms with Gasteiger partial charge in [-0.15, -0.1) is 0 Å². The monoisotopic (exact) mass is 315 g/mol. The summed E-state index contributed by atoms with van der Waals surface area (Å²) in [5.41, 5.74) is 14.3. The Balaban J connectivity index is 1.75. The molecule has 120 valence electrons. The third kappa shape index (κ3) is 2.68. The van der Waals surface area contributed by atoms with E-state index in [2.05, 4.69) is 64.9 Å². The van der Waals surface area contributed by atoms with Gasteiger partial charge in [-0.1, -0.05) is 36.4 Å². The Morgan fingerprint density at radius 2 is 1.92 bits per heavy atom. The minimum absolute atomic E-state index is 0.710. The standard InChI is InChI=1S/C21H21N3/c22-10-4-11-23-17-7-3-6-15(13-17)19-9-12-24-20-14-16-5-1-2-8-18(16)21(19)20/h1-3,5-9,12-13,23H,4,10-11,14,22H2. The van der Waals surface area contributed by atoms with Crippen LogP contribution >= 0.6 is 0 Å². The molecular weight excluding hydrogens is 294 g/mol. The Morgan fingerprint density at radius 1 is 1.00 bits per heavy atom. The Bertz CT molecular complexity index is 870. The van der Waals surface area contributed by atoms with Gasteiger partial charge in [0.05, 0.1) is 5.69 Å². The van der Waals surface area contributed by atoms with Gasteiger partial charge in [0, 0.05) is 30.4 Å². The van der Waals surface area contributed by atoms with Crippen LogP contribution < -0.4 is 11.1 Å². The van der Waals surface area contributed by atoms with Crippen LogP contribution in [-0.2, 0) is 6.42 Å². The van der Waals surface area contributed by atoms with Gasteiger partial charge >= 0.3 is 0 Å². The minimum Gasteiger partial charge on any atom is -0.385 e. The molecule has 0 saturated heterocycles. The third-order valence-corrected chi connectivity index (χ3v) is 4.56. The Morgan fingerprint density at radius 3 is 2.83 bits per heavy atom. The molecule has 0 amide bonds. The molecule has 2 aromatic carbocycles. The zero-order valence-corrected chi connectivity index (χ0v) is 13.6. The highest BCUT2D eigenvalue weighted by Gasteiger charge is 2.22. The van der Waals surface area contributed by atoms with Gasteiger partial charge in [0.15, 0.2) is 0 Å². The van der Waals surface area contributed by atoms with Crippen molar-refractivity contribution in [1.82, 2.24) is 4.98 Å². The predicted molar refractivity (Wildman–Crippen MR) is 100 cm³/mol. The van der Waals surface area contributed by atoms with E-state index in [9.17, 15) is 0 Å². The van der Waals surface area contributed by atoms with E-state index in [1.807, 2.05) is 6.20 Å². The van der Waals surface area contributed by atoms with Crippen LogP contribution in [0.1, 0.15) is 17.7 Å². The highest BCUT2D eigenvalue weighted by Crippen LogP contribution is 2.42. The first-order valence-corrected chi connectivity index (χ1v) is 8.47. The van der Waals surface area contributed by atoms with Crippen molar-refractivity contribution in [2.45, 2.75) is 12.8 Å². The number of pyridine rings is 1. The van der Waals surface area contributed by atoms with Gasteiger partial charge < -0.3 is 11.1 Å². The van der Waals surface area contributed by atoms with Crippen molar-refractivity contribution in [2.24, 2.45) is 5.73 Å². The lowest BCUT2D eigenvalue weighted by Gasteiger charge is -2.12. The van der Waals surface area contributed by atoms with E-state index in [0.29, 0.717) is 6.54 Å². The molecule has 4 rings (SSSR count). The number of nitrogens with one attached hydrogen (secondary N) is 1. The topological polar surface area (TPSA) is 50.9 Å². The van der Waals surface area contributed by atoms with E-state index < -0.39 is 0 Å². The fourth-order valence-electron chi connectivity index (χ4n) is 3.41. The Hall–Kier alpha value is -2.65. The second kappa shape index (κ2) is 6.46. The van der Waals surface area contributed by atoms with Crippen molar-refractivity contribution >= 4 is 5.69 Å². The summed E-state index contributed by atoms with van der Waals surface area (Å²) in [6, 6.07) is 19.3. The zero-order chi connectivity index (χ0) is 16.4. The van der Waals surface area contributed by atoms with Crippen molar-refractivity contribution < 1.29 is 0 Å². The number of fused-ring (bicyclic) bond motifs is 3. The molecule has 1 aliphatic carbocycles. The highest BCUT2D eigenvalue weighted by molar-refractivity contribution is 5.89. The van der Waals surface area contributed by atoms with Crippen LogP contribution in [0.2, 0.25) is 0 Å². The first-order valence-electron chi connectivity index (χ1n) is 8.47. The maximum Gasteiger partial charge on any atom is 0.0532 e. The van der Waals surface area contributed by atoms with Gasteiger partial charge in [-0.05, 0) is 53.4 Å². The Kier molecular flexibility index (Phi) is 4.01. The molecule has 0 fully saturated rings. The Labute approximate surface area is 142 Å². The van der Waals surface area contributed by atoms with Crippen LogP contribution in [-0.4, -0.2) is 18.1 Å². The second-order valence-electron chi connectivity index (χ2n) is 6.16. The lowest BCUT2D eigenvalue weighted by molar-refractivity contribution is 0.874. The fourth-order valence-corrected chi connectivity index (χ4v) is 3.41. The number of benzene rings is 2. The summed E-state index contributed by atoms with van der Waals surface area (Å²) >= 11 is 0. The van der Waals surface area contributed by atoms with E-state index in [1.54, 1.807) is 0 Å². The number of rotatable bonds is 5. The van der Waals surface area contributed by atoms with E-state index in [4.69, 9.17) is 5.73 Å². The summed E-state index contributed by atoms with van der Waals surface area (Å²) in [5.74, 6) is 0. The van der Waals surface area contributed by atoms with Crippen molar-refractivity contribution in [2.75, 3.05) is 18.4 Å². The van der Waals surface area contributed by atoms with Crippen molar-refractivity contribution in [3.63, 3.8) is 0 Å². The summed E-state index contributed by atoms with van der Waals surface area (Å²) < 4.78 is 0. The first kappa shape index (κ1) is 14.9. The highest BCUT2D eigenvalue weighted by atomic mass is 14.9. The van der Waals surface area contributed by atoms with Crippen molar-refractivity contribution in [3.05, 3.63) is 72.1 Å². The van der Waals surface area contributed by atoms with Crippen LogP contribution in [0.4, 0.5) is 5.69 Å². The molecule has 0 saturated carbocycles. The summed E-state index contributed by atoms with van der Waals surface area (Å²) in [4.78, 5) is 4.61. The number of nitrogens with zero attached hydrogens (tertiary/aromatic N) is 1. The number of aromatic nitrogens is 1. The second-order valence-corrected chi connectivity index (χ2v) is 6.16. The molecule has 1 aliphatic rings. The molecule has 0 bridgehead atoms. The molecule has 0 unspecified atom stereocenters. The van der Waals surface area contributed by atoms with E-state index in [-0.39, 0.29) is 0 Å². The molecule has 24 heavy (non-hydrogen) atoms. The van der Waals surface area contributed by atoms with Crippen LogP contribution in [0, 0.1) is 0 Å². The molecule has 3 nitrogen and oxygen atoms in total. The molecule has 0 aliphatic heterocycles. The third-order valence-electron chi connectivity index (χ3n) is 4.56. The normalized spacial score (nSPS) is 11.9. The average Bonchev–Trinajstić information content (AvgIpc) is 3.01. The van der Waals surface area contributed by atoms with Gasteiger partial charge in [0.1, 0.15) is 0 Å². The van der Waals surface area contributed by atoms with Crippen molar-refractivity contribution in [3.8, 4) is 22.3 Å². The van der Waals surface area contributed by atoms with Crippen molar-refractivity contribution in [1.29, 1.82) is 0 Å². The maximum absolute atomic E-state index is 5.57. The summed E-state index contributed by atoms with van der Waals surface area (Å²) in [6.45, 7) is 1.61. The zero-order valence-electron chi connectivity index (χ0n) is 13.6. The van der Waals surface area contributed by atoms with Gasteiger partial charge in [0.25, 0.3) is 0 Å². The molecule has 3 aromatic rings. The van der Waals surface area contributed by atoms with E-state index in [1.165, 1.54) is 33.5 Å². The number of anilines is 1. The molecule has 0 radical (unpaired) electrons. The average molecular weight is 315 g/mol. The molecule has 3 N–H and O–H groups in total. The van der Waals surface area contributed by atoms with E-state index in [0.717, 1.165) is 25.1 Å². The smallest absolute Gasteiger partial charge is 0.0532 e. The summed E-state index contributed by atoms with van der Waals surface area (Å²) in [5, 5.41) is 3.45. The summed E-state index contributed by atoms with van der Waals surface area (Å²) in [6.07, 6.45) is 3.82. The fraction of sp³-hybridized carbons (Fsp3) is 0.190. The van der Waals surface area contributed by atoms with Gasteiger partial charge in [-0.3, -0.25) is 4.98 Å². The first-order chi connectivity index (χ1) is 11.9. The SMILES string of the molecule is NCCCNc1cccc(-c2ccnc3c2-c2ccccc2C3)c1. The van der Waals surface area contributed by atoms with Crippen LogP contribution in [0.25, 0.3) is 22.3 Å².